The Hall–Kier alpha value is -0.620. The number of alkyl halides is 1. The van der Waals surface area contributed by atoms with Gasteiger partial charge in [0.05, 0.1) is 0 Å². The van der Waals surface area contributed by atoms with Gasteiger partial charge < -0.3 is 5.32 Å². The molecule has 0 aromatic rings. The highest BCUT2D eigenvalue weighted by Gasteiger charge is 2.10. The van der Waals surface area contributed by atoms with Crippen LogP contribution in [0.5, 0.6) is 0 Å². The molecule has 2 N–H and O–H groups in total. The predicted molar refractivity (Wildman–Crippen MR) is 60.4 cm³/mol. The second kappa shape index (κ2) is 7.64. The van der Waals surface area contributed by atoms with E-state index in [9.17, 15) is 13.8 Å². The zero-order chi connectivity index (χ0) is 11.8. The molecule has 0 radical (unpaired) electrons. The Morgan fingerprint density at radius 3 is 2.53 bits per heavy atom. The Kier molecular flexibility index (Phi) is 7.33. The van der Waals surface area contributed by atoms with Gasteiger partial charge in [-0.25, -0.2) is 4.79 Å². The molecular weight excluding hydrogens is 240 g/mol. The van der Waals surface area contributed by atoms with E-state index in [0.717, 1.165) is 0 Å². The summed E-state index contributed by atoms with van der Waals surface area (Å²) in [6.07, 6.45) is 1.65. The topological polar surface area (TPSA) is 75.3 Å². The van der Waals surface area contributed by atoms with Crippen molar-refractivity contribution in [2.24, 2.45) is 0 Å². The Balaban J connectivity index is 3.82. The Labute approximate surface area is 96.4 Å². The molecule has 5 nitrogen and oxygen atoms in total. The van der Waals surface area contributed by atoms with Gasteiger partial charge in [0.1, 0.15) is 0 Å². The van der Waals surface area contributed by atoms with Gasteiger partial charge in [-0.15, -0.1) is 11.6 Å². The van der Waals surface area contributed by atoms with Crippen LogP contribution in [0.15, 0.2) is 0 Å². The molecule has 2 unspecified atom stereocenters. The van der Waals surface area contributed by atoms with Gasteiger partial charge in [-0.05, 0) is 6.92 Å². The molecule has 0 aliphatic rings. The van der Waals surface area contributed by atoms with Gasteiger partial charge in [0.15, 0.2) is 0 Å². The number of carbonyl (C=O) groups is 2. The molecule has 0 aromatic heterocycles. The molecule has 15 heavy (non-hydrogen) atoms. The van der Waals surface area contributed by atoms with E-state index in [4.69, 9.17) is 11.6 Å². The third-order valence-corrected chi connectivity index (χ3v) is 2.60. The molecule has 0 rings (SSSR count). The van der Waals surface area contributed by atoms with Crippen LogP contribution >= 0.6 is 11.6 Å². The molecular formula is C8H15ClN2O3S. The zero-order valence-corrected chi connectivity index (χ0v) is 10.3. The van der Waals surface area contributed by atoms with Crippen LogP contribution in [0.2, 0.25) is 0 Å². The lowest BCUT2D eigenvalue weighted by atomic mass is 10.4. The summed E-state index contributed by atoms with van der Waals surface area (Å²) in [5, 5.41) is 4.61. The van der Waals surface area contributed by atoms with E-state index in [-0.39, 0.29) is 18.3 Å². The van der Waals surface area contributed by atoms with Gasteiger partial charge >= 0.3 is 6.03 Å². The van der Waals surface area contributed by atoms with Gasteiger partial charge in [0.25, 0.3) is 0 Å². The molecule has 0 saturated carbocycles. The second-order valence-corrected chi connectivity index (χ2v) is 4.96. The summed E-state index contributed by atoms with van der Waals surface area (Å²) in [6, 6.07) is -0.817. The van der Waals surface area contributed by atoms with E-state index >= 15 is 0 Å². The summed E-state index contributed by atoms with van der Waals surface area (Å²) in [5.41, 5.74) is 0. The quantitative estimate of drug-likeness (QED) is 0.689. The van der Waals surface area contributed by atoms with Gasteiger partial charge in [-0.1, -0.05) is 0 Å². The minimum atomic E-state index is -0.977. The van der Waals surface area contributed by atoms with Gasteiger partial charge in [0, 0.05) is 41.2 Å². The fraction of sp³-hybridized carbons (Fsp3) is 0.750. The van der Waals surface area contributed by atoms with E-state index < -0.39 is 22.7 Å². The van der Waals surface area contributed by atoms with Crippen LogP contribution in [0.25, 0.3) is 0 Å². The lowest BCUT2D eigenvalue weighted by Gasteiger charge is -2.12. The molecule has 0 spiro atoms. The first-order chi connectivity index (χ1) is 6.95. The standard InChI is InChI=1S/C8H15ClN2O3S/c1-6(5-15(2)14)10-8(13)11-7(12)3-4-9/h6H,3-5H2,1-2H3,(H2,10,11,12,13). The molecule has 0 aliphatic carbocycles. The number of amides is 3. The first-order valence-electron chi connectivity index (χ1n) is 4.42. The molecule has 2 atom stereocenters. The molecule has 7 heteroatoms. The Morgan fingerprint density at radius 1 is 1.47 bits per heavy atom. The van der Waals surface area contributed by atoms with Crippen molar-refractivity contribution in [1.82, 2.24) is 10.6 Å². The van der Waals surface area contributed by atoms with Gasteiger partial charge in [0.2, 0.25) is 5.91 Å². The number of hydrogen-bond donors (Lipinski definition) is 2. The minimum absolute atomic E-state index is 0.100. The summed E-state index contributed by atoms with van der Waals surface area (Å²) >= 11 is 5.32. The van der Waals surface area contributed by atoms with Crippen molar-refractivity contribution < 1.29 is 13.8 Å². The second-order valence-electron chi connectivity index (χ2n) is 3.10. The van der Waals surface area contributed by atoms with E-state index in [1.54, 1.807) is 13.2 Å². The minimum Gasteiger partial charge on any atom is -0.334 e. The zero-order valence-electron chi connectivity index (χ0n) is 8.71. The molecule has 3 amide bonds. The third kappa shape index (κ3) is 8.38. The molecule has 0 bridgehead atoms. The van der Waals surface area contributed by atoms with Crippen LogP contribution in [-0.4, -0.2) is 40.1 Å². The number of rotatable bonds is 5. The van der Waals surface area contributed by atoms with Gasteiger partial charge in [-0.3, -0.25) is 14.3 Å². The SMILES string of the molecule is CC(CS(C)=O)NC(=O)NC(=O)CCCl. The average Bonchev–Trinajstić information content (AvgIpc) is 2.00. The van der Waals surface area contributed by atoms with Crippen LogP contribution in [0.3, 0.4) is 0 Å². The fourth-order valence-electron chi connectivity index (χ4n) is 0.929. The first-order valence-corrected chi connectivity index (χ1v) is 6.68. The summed E-state index contributed by atoms with van der Waals surface area (Å²) in [6.45, 7) is 1.72. The van der Waals surface area contributed by atoms with E-state index in [1.807, 2.05) is 0 Å². The lowest BCUT2D eigenvalue weighted by molar-refractivity contribution is -0.119. The fourth-order valence-corrected chi connectivity index (χ4v) is 1.89. The van der Waals surface area contributed by atoms with Crippen LogP contribution in [0, 0.1) is 0 Å². The maximum Gasteiger partial charge on any atom is 0.321 e. The molecule has 0 aliphatic heterocycles. The van der Waals surface area contributed by atoms with Crippen molar-refractivity contribution in [3.8, 4) is 0 Å². The van der Waals surface area contributed by atoms with Crippen LogP contribution in [0.1, 0.15) is 13.3 Å². The van der Waals surface area contributed by atoms with Crippen molar-refractivity contribution in [1.29, 1.82) is 0 Å². The number of urea groups is 1. The number of carbonyl (C=O) groups excluding carboxylic acids is 2. The highest BCUT2D eigenvalue weighted by atomic mass is 35.5. The highest BCUT2D eigenvalue weighted by Crippen LogP contribution is 1.87. The number of hydrogen-bond acceptors (Lipinski definition) is 3. The predicted octanol–water partition coefficient (Wildman–Crippen LogP) is 0.208. The number of nitrogens with one attached hydrogen (secondary N) is 2. The normalized spacial score (nSPS) is 14.1. The number of halogens is 1. The molecule has 0 fully saturated rings. The van der Waals surface area contributed by atoms with Crippen molar-refractivity contribution >= 4 is 34.3 Å². The molecule has 0 saturated heterocycles. The summed E-state index contributed by atoms with van der Waals surface area (Å²) < 4.78 is 10.8. The van der Waals surface area contributed by atoms with Gasteiger partial charge in [-0.2, -0.15) is 0 Å². The maximum atomic E-state index is 11.1. The summed E-state index contributed by atoms with van der Waals surface area (Å²) in [7, 11) is -0.977. The maximum absolute atomic E-state index is 11.1. The van der Waals surface area contributed by atoms with Crippen molar-refractivity contribution in [3.63, 3.8) is 0 Å². The van der Waals surface area contributed by atoms with Crippen molar-refractivity contribution in [2.75, 3.05) is 17.9 Å². The first kappa shape index (κ1) is 14.4. The van der Waals surface area contributed by atoms with Crippen molar-refractivity contribution in [3.05, 3.63) is 0 Å². The smallest absolute Gasteiger partial charge is 0.321 e. The van der Waals surface area contributed by atoms with Crippen LogP contribution in [0.4, 0.5) is 4.79 Å². The van der Waals surface area contributed by atoms with E-state index in [1.165, 1.54) is 0 Å². The largest absolute Gasteiger partial charge is 0.334 e. The van der Waals surface area contributed by atoms with Crippen LogP contribution < -0.4 is 10.6 Å². The number of imide groups is 1. The Morgan fingerprint density at radius 2 is 2.07 bits per heavy atom. The van der Waals surface area contributed by atoms with E-state index in [2.05, 4.69) is 10.6 Å². The highest BCUT2D eigenvalue weighted by molar-refractivity contribution is 7.84. The van der Waals surface area contributed by atoms with E-state index in [0.29, 0.717) is 5.75 Å². The summed E-state index contributed by atoms with van der Waals surface area (Å²) in [4.78, 5) is 22.1. The van der Waals surface area contributed by atoms with Crippen molar-refractivity contribution in [2.45, 2.75) is 19.4 Å². The third-order valence-electron chi connectivity index (χ3n) is 1.44. The molecule has 88 valence electrons. The average molecular weight is 255 g/mol. The Bertz CT molecular complexity index is 260. The summed E-state index contributed by atoms with van der Waals surface area (Å²) in [5.74, 6) is 0.109. The van der Waals surface area contributed by atoms with Crippen LogP contribution in [-0.2, 0) is 15.6 Å². The molecule has 0 aromatic carbocycles. The molecule has 0 heterocycles. The lowest BCUT2D eigenvalue weighted by Crippen LogP contribution is -2.45. The monoisotopic (exact) mass is 254 g/mol.